The van der Waals surface area contributed by atoms with Gasteiger partial charge in [-0.05, 0) is 67.8 Å². The highest BCUT2D eigenvalue weighted by molar-refractivity contribution is 9.11. The van der Waals surface area contributed by atoms with E-state index in [2.05, 4.69) is 45.0 Å². The van der Waals surface area contributed by atoms with Crippen LogP contribution in [0.4, 0.5) is 0 Å². The summed E-state index contributed by atoms with van der Waals surface area (Å²) in [6.07, 6.45) is 0. The van der Waals surface area contributed by atoms with Gasteiger partial charge in [0.1, 0.15) is 4.88 Å². The molecule has 0 amide bonds. The van der Waals surface area contributed by atoms with Crippen LogP contribution in [0.2, 0.25) is 0 Å². The molecule has 0 fully saturated rings. The number of methoxy groups -OCH3 is 1. The molecule has 0 aliphatic carbocycles. The number of ether oxygens (including phenoxy) is 1. The Bertz CT molecular complexity index is 909. The summed E-state index contributed by atoms with van der Waals surface area (Å²) in [4.78, 5) is 15.6. The summed E-state index contributed by atoms with van der Waals surface area (Å²) in [5, 5.41) is 0. The first kappa shape index (κ1) is 18.8. The van der Waals surface area contributed by atoms with E-state index in [-0.39, 0.29) is 5.97 Å². The minimum atomic E-state index is -0.349. The van der Waals surface area contributed by atoms with E-state index >= 15 is 0 Å². The number of carbonyl (C=O) groups is 1. The SMILES string of the molecule is C=C(c1ccc(Br)s1)c1cc(C(=O)OC)sc1C(=C)c1ccc(Br)s1. The molecule has 0 radical (unpaired) electrons. The van der Waals surface area contributed by atoms with Crippen LogP contribution in [0.5, 0.6) is 0 Å². The molecule has 0 saturated heterocycles. The van der Waals surface area contributed by atoms with E-state index < -0.39 is 0 Å². The van der Waals surface area contributed by atoms with Gasteiger partial charge in [-0.25, -0.2) is 4.79 Å². The summed E-state index contributed by atoms with van der Waals surface area (Å²) < 4.78 is 6.96. The highest BCUT2D eigenvalue weighted by Crippen LogP contribution is 2.42. The molecule has 0 atom stereocenters. The number of rotatable bonds is 5. The van der Waals surface area contributed by atoms with Crippen molar-refractivity contribution in [3.05, 3.63) is 76.1 Å². The lowest BCUT2D eigenvalue weighted by molar-refractivity contribution is 0.0606. The Kier molecular flexibility index (Phi) is 5.80. The number of carbonyl (C=O) groups excluding carboxylic acids is 1. The Morgan fingerprint density at radius 1 is 0.920 bits per heavy atom. The van der Waals surface area contributed by atoms with E-state index in [1.807, 2.05) is 30.3 Å². The van der Waals surface area contributed by atoms with Gasteiger partial charge in [-0.1, -0.05) is 13.2 Å². The van der Waals surface area contributed by atoms with E-state index in [0.717, 1.165) is 38.9 Å². The number of hydrogen-bond acceptors (Lipinski definition) is 5. The molecule has 2 nitrogen and oxygen atoms in total. The molecular weight excluding hydrogens is 504 g/mol. The smallest absolute Gasteiger partial charge is 0.348 e. The van der Waals surface area contributed by atoms with Gasteiger partial charge in [-0.3, -0.25) is 0 Å². The van der Waals surface area contributed by atoms with Crippen LogP contribution in [0.3, 0.4) is 0 Å². The molecule has 0 aliphatic heterocycles. The molecule has 0 N–H and O–H groups in total. The Balaban J connectivity index is 2.09. The van der Waals surface area contributed by atoms with Crippen LogP contribution < -0.4 is 0 Å². The molecule has 0 bridgehead atoms. The predicted octanol–water partition coefficient (Wildman–Crippen LogP) is 7.31. The van der Waals surface area contributed by atoms with Gasteiger partial charge in [0.15, 0.2) is 0 Å². The van der Waals surface area contributed by atoms with Crippen molar-refractivity contribution in [1.29, 1.82) is 0 Å². The fourth-order valence-corrected chi connectivity index (χ4v) is 6.12. The molecule has 3 aromatic heterocycles. The molecule has 0 unspecified atom stereocenters. The van der Waals surface area contributed by atoms with E-state index in [1.54, 1.807) is 22.7 Å². The molecule has 0 saturated carbocycles. The van der Waals surface area contributed by atoms with Gasteiger partial charge in [-0.2, -0.15) is 0 Å². The summed E-state index contributed by atoms with van der Waals surface area (Å²) in [7, 11) is 1.39. The van der Waals surface area contributed by atoms with Crippen molar-refractivity contribution in [3.63, 3.8) is 0 Å². The van der Waals surface area contributed by atoms with Crippen molar-refractivity contribution in [2.24, 2.45) is 0 Å². The fourth-order valence-electron chi connectivity index (χ4n) is 2.24. The lowest BCUT2D eigenvalue weighted by atomic mass is 10.0. The quantitative estimate of drug-likeness (QED) is 0.333. The topological polar surface area (TPSA) is 26.3 Å². The first-order chi connectivity index (χ1) is 11.9. The van der Waals surface area contributed by atoms with Crippen LogP contribution in [0.15, 0.2) is 51.1 Å². The largest absolute Gasteiger partial charge is 0.465 e. The van der Waals surface area contributed by atoms with Crippen LogP contribution in [-0.4, -0.2) is 13.1 Å². The maximum Gasteiger partial charge on any atom is 0.348 e. The first-order valence-electron chi connectivity index (χ1n) is 7.03. The van der Waals surface area contributed by atoms with Crippen molar-refractivity contribution < 1.29 is 9.53 Å². The molecule has 128 valence electrons. The summed E-state index contributed by atoms with van der Waals surface area (Å²) in [5.41, 5.74) is 2.66. The van der Waals surface area contributed by atoms with Gasteiger partial charge >= 0.3 is 5.97 Å². The zero-order valence-corrected chi connectivity index (χ0v) is 18.7. The van der Waals surface area contributed by atoms with E-state index in [9.17, 15) is 4.79 Å². The number of esters is 1. The zero-order chi connectivity index (χ0) is 18.1. The molecule has 3 rings (SSSR count). The molecule has 7 heteroatoms. The van der Waals surface area contributed by atoms with Gasteiger partial charge in [0.05, 0.1) is 14.7 Å². The highest BCUT2D eigenvalue weighted by atomic mass is 79.9. The molecular formula is C18H12Br2O2S3. The minimum Gasteiger partial charge on any atom is -0.465 e. The van der Waals surface area contributed by atoms with Gasteiger partial charge in [-0.15, -0.1) is 34.0 Å². The van der Waals surface area contributed by atoms with E-state index in [0.29, 0.717) is 4.88 Å². The van der Waals surface area contributed by atoms with Crippen LogP contribution in [-0.2, 0) is 4.74 Å². The second-order valence-corrected chi connectivity index (χ2v) is 11.0. The van der Waals surface area contributed by atoms with Crippen molar-refractivity contribution in [2.45, 2.75) is 0 Å². The van der Waals surface area contributed by atoms with Crippen molar-refractivity contribution >= 4 is 83.0 Å². The predicted molar refractivity (Wildman–Crippen MR) is 116 cm³/mol. The second kappa shape index (κ2) is 7.72. The minimum absolute atomic E-state index is 0.349. The number of halogens is 2. The number of thiophene rings is 3. The Labute approximate surface area is 174 Å². The van der Waals surface area contributed by atoms with Crippen molar-refractivity contribution in [3.8, 4) is 0 Å². The Hall–Kier alpha value is -0.990. The van der Waals surface area contributed by atoms with Crippen LogP contribution >= 0.6 is 65.9 Å². The standard InChI is InChI=1S/C18H12Br2O2S3/c1-9(12-4-6-15(19)23-12)11-8-14(18(21)22-3)25-17(11)10(2)13-5-7-16(20)24-13/h4-8H,1-2H2,3H3. The number of hydrogen-bond donors (Lipinski definition) is 0. The molecule has 3 heterocycles. The summed E-state index contributed by atoms with van der Waals surface area (Å²) in [5.74, 6) is -0.349. The normalized spacial score (nSPS) is 10.7. The Morgan fingerprint density at radius 2 is 1.48 bits per heavy atom. The molecule has 0 aromatic carbocycles. The van der Waals surface area contributed by atoms with Gasteiger partial charge in [0, 0.05) is 25.8 Å². The van der Waals surface area contributed by atoms with E-state index in [1.165, 1.54) is 18.4 Å². The lowest BCUT2D eigenvalue weighted by Crippen LogP contribution is -1.97. The third-order valence-electron chi connectivity index (χ3n) is 3.46. The van der Waals surface area contributed by atoms with Crippen LogP contribution in [0, 0.1) is 0 Å². The van der Waals surface area contributed by atoms with Gasteiger partial charge in [0.2, 0.25) is 0 Å². The summed E-state index contributed by atoms with van der Waals surface area (Å²) in [6.45, 7) is 8.50. The van der Waals surface area contributed by atoms with Crippen molar-refractivity contribution in [2.75, 3.05) is 7.11 Å². The third-order valence-corrected chi connectivity index (χ3v) is 8.00. The molecule has 0 spiro atoms. The maximum atomic E-state index is 12.0. The van der Waals surface area contributed by atoms with Crippen LogP contribution in [0.1, 0.15) is 29.9 Å². The fraction of sp³-hybridized carbons (Fsp3) is 0.0556. The lowest BCUT2D eigenvalue weighted by Gasteiger charge is -2.07. The summed E-state index contributed by atoms with van der Waals surface area (Å²) >= 11 is 11.6. The average Bonchev–Trinajstić information content (AvgIpc) is 3.32. The van der Waals surface area contributed by atoms with Gasteiger partial charge < -0.3 is 4.74 Å². The first-order valence-corrected chi connectivity index (χ1v) is 11.1. The Morgan fingerprint density at radius 3 is 1.96 bits per heavy atom. The zero-order valence-electron chi connectivity index (χ0n) is 13.1. The maximum absolute atomic E-state index is 12.0. The molecule has 0 aliphatic rings. The highest BCUT2D eigenvalue weighted by Gasteiger charge is 2.21. The van der Waals surface area contributed by atoms with Gasteiger partial charge in [0.25, 0.3) is 0 Å². The average molecular weight is 516 g/mol. The molecule has 25 heavy (non-hydrogen) atoms. The van der Waals surface area contributed by atoms with Crippen molar-refractivity contribution in [1.82, 2.24) is 0 Å². The summed E-state index contributed by atoms with van der Waals surface area (Å²) in [6, 6.07) is 9.86. The van der Waals surface area contributed by atoms with Crippen LogP contribution in [0.25, 0.3) is 11.1 Å². The molecule has 3 aromatic rings. The second-order valence-electron chi connectivity index (χ2n) is 5.01. The monoisotopic (exact) mass is 514 g/mol. The third kappa shape index (κ3) is 3.90. The van der Waals surface area contributed by atoms with E-state index in [4.69, 9.17) is 4.74 Å².